The van der Waals surface area contributed by atoms with Crippen LogP contribution >= 0.6 is 0 Å². The van der Waals surface area contributed by atoms with Crippen molar-refractivity contribution < 1.29 is 0 Å². The van der Waals surface area contributed by atoms with Gasteiger partial charge >= 0.3 is 0 Å². The lowest BCUT2D eigenvalue weighted by molar-refractivity contribution is 0.444. The van der Waals surface area contributed by atoms with Gasteiger partial charge in [-0.2, -0.15) is 0 Å². The van der Waals surface area contributed by atoms with Gasteiger partial charge in [0, 0.05) is 0 Å². The summed E-state index contributed by atoms with van der Waals surface area (Å²) >= 11 is 0. The van der Waals surface area contributed by atoms with E-state index < -0.39 is 5.41 Å². The predicted molar refractivity (Wildman–Crippen MR) is 190 cm³/mol. The Morgan fingerprint density at radius 2 is 1.02 bits per heavy atom. The van der Waals surface area contributed by atoms with E-state index in [2.05, 4.69) is 152 Å². The fourth-order valence-electron chi connectivity index (χ4n) is 8.74. The van der Waals surface area contributed by atoms with E-state index in [9.17, 15) is 0 Å². The van der Waals surface area contributed by atoms with Crippen molar-refractivity contribution >= 4 is 21.5 Å². The van der Waals surface area contributed by atoms with Gasteiger partial charge in [-0.15, -0.1) is 0 Å². The van der Waals surface area contributed by atoms with Crippen LogP contribution in [0.5, 0.6) is 0 Å². The minimum atomic E-state index is -0.433. The summed E-state index contributed by atoms with van der Waals surface area (Å²) < 4.78 is 0. The van der Waals surface area contributed by atoms with Gasteiger partial charge in [-0.05, 0) is 96.4 Å². The lowest BCUT2D eigenvalue weighted by Crippen LogP contribution is -2.28. The summed E-state index contributed by atoms with van der Waals surface area (Å²) in [5.74, 6) is 0.667. The van der Waals surface area contributed by atoms with Crippen LogP contribution in [0, 0.1) is 0 Å². The zero-order valence-corrected chi connectivity index (χ0v) is 25.5. The van der Waals surface area contributed by atoms with Crippen molar-refractivity contribution in [3.8, 4) is 22.3 Å². The fraction of sp³-hybridized carbons (Fsp3) is 0.156. The zero-order valence-electron chi connectivity index (χ0n) is 25.5. The molecule has 2 aliphatic rings. The first-order valence-corrected chi connectivity index (χ1v) is 16.6. The third-order valence-corrected chi connectivity index (χ3v) is 10.7. The van der Waals surface area contributed by atoms with Crippen LogP contribution < -0.4 is 0 Å². The highest BCUT2D eigenvalue weighted by atomic mass is 14.5. The van der Waals surface area contributed by atoms with Gasteiger partial charge in [0.25, 0.3) is 0 Å². The standard InChI is InChI=1S/C45H36/c1-5-15-31(16-6-1)33-25-26-36-37-27-28-39-38-23-13-14-24-43(38)45(34-19-9-3-10-20-34,35-21-11-4-12-22-35)44(39)42(37)30-40(41(36)29-33)32-17-7-2-8-18-32/h2-4,7-14,17-31H,1,5-6,15-16H2. The first-order chi connectivity index (χ1) is 22.3. The zero-order chi connectivity index (χ0) is 29.8. The highest BCUT2D eigenvalue weighted by Gasteiger charge is 2.47. The second-order valence-corrected chi connectivity index (χ2v) is 13.0. The van der Waals surface area contributed by atoms with Crippen LogP contribution in [0.2, 0.25) is 0 Å². The predicted octanol–water partition coefficient (Wildman–Crippen LogP) is 12.1. The summed E-state index contributed by atoms with van der Waals surface area (Å²) in [6, 6.07) is 57.3. The molecule has 1 fully saturated rings. The molecule has 0 amide bonds. The molecule has 0 aliphatic heterocycles. The summed E-state index contributed by atoms with van der Waals surface area (Å²) in [5.41, 5.74) is 11.7. The van der Waals surface area contributed by atoms with Gasteiger partial charge in [0.15, 0.2) is 0 Å². The third kappa shape index (κ3) is 3.98. The van der Waals surface area contributed by atoms with E-state index in [1.54, 1.807) is 0 Å². The Morgan fingerprint density at radius 1 is 0.422 bits per heavy atom. The molecule has 45 heavy (non-hydrogen) atoms. The Morgan fingerprint density at radius 3 is 1.73 bits per heavy atom. The molecule has 0 unspecified atom stereocenters. The molecule has 0 spiro atoms. The Hall–Kier alpha value is -4.94. The fourth-order valence-corrected chi connectivity index (χ4v) is 8.74. The van der Waals surface area contributed by atoms with Crippen LogP contribution in [0.3, 0.4) is 0 Å². The molecule has 0 heteroatoms. The van der Waals surface area contributed by atoms with Gasteiger partial charge in [0.05, 0.1) is 5.41 Å². The molecule has 0 atom stereocenters. The van der Waals surface area contributed by atoms with E-state index in [4.69, 9.17) is 0 Å². The molecule has 2 aliphatic carbocycles. The summed E-state index contributed by atoms with van der Waals surface area (Å²) in [4.78, 5) is 0. The van der Waals surface area contributed by atoms with Crippen LogP contribution in [-0.4, -0.2) is 0 Å². The number of benzene rings is 7. The van der Waals surface area contributed by atoms with E-state index >= 15 is 0 Å². The lowest BCUT2D eigenvalue weighted by atomic mass is 9.66. The van der Waals surface area contributed by atoms with E-state index in [0.717, 1.165) is 0 Å². The van der Waals surface area contributed by atoms with Gasteiger partial charge in [0.1, 0.15) is 0 Å². The Labute approximate surface area is 266 Å². The smallest absolute Gasteiger partial charge is 0.0622 e. The molecule has 1 saturated carbocycles. The molecule has 216 valence electrons. The highest BCUT2D eigenvalue weighted by Crippen LogP contribution is 2.58. The van der Waals surface area contributed by atoms with Gasteiger partial charge in [0.2, 0.25) is 0 Å². The van der Waals surface area contributed by atoms with E-state index in [1.807, 2.05) is 0 Å². The molecule has 0 N–H and O–H groups in total. The van der Waals surface area contributed by atoms with Crippen LogP contribution in [0.1, 0.15) is 65.8 Å². The second-order valence-electron chi connectivity index (χ2n) is 13.0. The number of rotatable bonds is 4. The van der Waals surface area contributed by atoms with Crippen LogP contribution in [0.25, 0.3) is 43.8 Å². The van der Waals surface area contributed by atoms with Crippen molar-refractivity contribution in [2.24, 2.45) is 0 Å². The van der Waals surface area contributed by atoms with Crippen molar-refractivity contribution in [1.82, 2.24) is 0 Å². The van der Waals surface area contributed by atoms with Gasteiger partial charge in [-0.3, -0.25) is 0 Å². The van der Waals surface area contributed by atoms with E-state index in [1.165, 1.54) is 104 Å². The maximum atomic E-state index is 2.54. The quantitative estimate of drug-likeness (QED) is 0.183. The molecule has 0 aromatic heterocycles. The van der Waals surface area contributed by atoms with Gasteiger partial charge in [-0.1, -0.05) is 165 Å². The maximum Gasteiger partial charge on any atom is 0.0719 e. The molecular weight excluding hydrogens is 540 g/mol. The van der Waals surface area contributed by atoms with Crippen molar-refractivity contribution in [1.29, 1.82) is 0 Å². The van der Waals surface area contributed by atoms with Gasteiger partial charge < -0.3 is 0 Å². The van der Waals surface area contributed by atoms with E-state index in [-0.39, 0.29) is 0 Å². The minimum Gasteiger partial charge on any atom is -0.0622 e. The highest BCUT2D eigenvalue weighted by molar-refractivity contribution is 6.17. The van der Waals surface area contributed by atoms with Crippen molar-refractivity contribution in [3.05, 3.63) is 179 Å². The average Bonchev–Trinajstić information content (AvgIpc) is 3.44. The first-order valence-electron chi connectivity index (χ1n) is 16.6. The molecule has 0 saturated heterocycles. The lowest BCUT2D eigenvalue weighted by Gasteiger charge is -2.35. The van der Waals surface area contributed by atoms with Crippen LogP contribution in [0.15, 0.2) is 152 Å². The summed E-state index contributed by atoms with van der Waals surface area (Å²) in [7, 11) is 0. The molecular formula is C45H36. The summed E-state index contributed by atoms with van der Waals surface area (Å²) in [6.07, 6.45) is 6.69. The van der Waals surface area contributed by atoms with Crippen LogP contribution in [0.4, 0.5) is 0 Å². The topological polar surface area (TPSA) is 0 Å². The Bertz CT molecular complexity index is 2130. The molecule has 0 radical (unpaired) electrons. The third-order valence-electron chi connectivity index (χ3n) is 10.7. The first kappa shape index (κ1) is 26.5. The normalized spacial score (nSPS) is 15.6. The van der Waals surface area contributed by atoms with E-state index in [0.29, 0.717) is 5.92 Å². The maximum absolute atomic E-state index is 2.54. The van der Waals surface area contributed by atoms with Crippen molar-refractivity contribution in [3.63, 3.8) is 0 Å². The summed E-state index contributed by atoms with van der Waals surface area (Å²) in [5, 5.41) is 5.40. The molecule has 7 aromatic carbocycles. The summed E-state index contributed by atoms with van der Waals surface area (Å²) in [6.45, 7) is 0. The molecule has 0 bridgehead atoms. The second kappa shape index (κ2) is 10.6. The number of fused-ring (bicyclic) bond motifs is 7. The van der Waals surface area contributed by atoms with Gasteiger partial charge in [-0.25, -0.2) is 0 Å². The van der Waals surface area contributed by atoms with Crippen molar-refractivity contribution in [2.75, 3.05) is 0 Å². The molecule has 0 heterocycles. The van der Waals surface area contributed by atoms with Crippen LogP contribution in [-0.2, 0) is 5.41 Å². The van der Waals surface area contributed by atoms with Crippen molar-refractivity contribution in [2.45, 2.75) is 43.4 Å². The minimum absolute atomic E-state index is 0.433. The number of hydrogen-bond donors (Lipinski definition) is 0. The average molecular weight is 577 g/mol. The Balaban J connectivity index is 1.44. The molecule has 9 rings (SSSR count). The Kier molecular flexibility index (Phi) is 6.23. The molecule has 0 nitrogen and oxygen atoms in total. The SMILES string of the molecule is c1ccc(-c2cc3c4c(ccc3c3ccc(C5CCCCC5)cc23)-c2ccccc2C4(c2ccccc2)c2ccccc2)cc1. The number of hydrogen-bond acceptors (Lipinski definition) is 0. The monoisotopic (exact) mass is 576 g/mol. The molecule has 7 aromatic rings. The largest absolute Gasteiger partial charge is 0.0719 e.